The van der Waals surface area contributed by atoms with Crippen molar-refractivity contribution in [2.45, 2.75) is 32.2 Å². The summed E-state index contributed by atoms with van der Waals surface area (Å²) in [6.07, 6.45) is 7.05. The molecule has 3 N–H and O–H groups in total. The van der Waals surface area contributed by atoms with E-state index in [9.17, 15) is 0 Å². The van der Waals surface area contributed by atoms with Gasteiger partial charge in [-0.25, -0.2) is 9.97 Å². The number of rotatable bonds is 2. The molecule has 1 atom stereocenters. The summed E-state index contributed by atoms with van der Waals surface area (Å²) >= 11 is 0. The number of benzene rings is 1. The topological polar surface area (TPSA) is 63.8 Å². The summed E-state index contributed by atoms with van der Waals surface area (Å²) in [7, 11) is 0. The summed E-state index contributed by atoms with van der Waals surface area (Å²) in [5, 5.41) is 3.42. The van der Waals surface area contributed by atoms with Gasteiger partial charge < -0.3 is 11.1 Å². The monoisotopic (exact) mass is 254 g/mol. The van der Waals surface area contributed by atoms with Crippen LogP contribution < -0.4 is 11.1 Å². The molecule has 98 valence electrons. The quantitative estimate of drug-likeness (QED) is 0.809. The molecule has 0 bridgehead atoms. The van der Waals surface area contributed by atoms with E-state index in [2.05, 4.69) is 27.4 Å². The van der Waals surface area contributed by atoms with Gasteiger partial charge in [0.05, 0.1) is 6.04 Å². The van der Waals surface area contributed by atoms with Crippen molar-refractivity contribution in [1.82, 2.24) is 9.97 Å². The Kier molecular flexibility index (Phi) is 3.07. The zero-order valence-corrected chi connectivity index (χ0v) is 11.1. The molecule has 0 amide bonds. The van der Waals surface area contributed by atoms with Crippen molar-refractivity contribution in [3.63, 3.8) is 0 Å². The van der Waals surface area contributed by atoms with Crippen LogP contribution >= 0.6 is 0 Å². The number of aromatic nitrogens is 2. The van der Waals surface area contributed by atoms with Gasteiger partial charge >= 0.3 is 0 Å². The van der Waals surface area contributed by atoms with Gasteiger partial charge in [-0.3, -0.25) is 0 Å². The van der Waals surface area contributed by atoms with Crippen molar-refractivity contribution in [2.24, 2.45) is 0 Å². The van der Waals surface area contributed by atoms with E-state index in [0.29, 0.717) is 5.95 Å². The summed E-state index contributed by atoms with van der Waals surface area (Å²) < 4.78 is 0. The summed E-state index contributed by atoms with van der Waals surface area (Å²) in [5.41, 5.74) is 10.4. The third-order valence-electron chi connectivity index (χ3n) is 3.57. The fourth-order valence-electron chi connectivity index (χ4n) is 2.61. The minimum Gasteiger partial charge on any atom is -0.399 e. The lowest BCUT2D eigenvalue weighted by atomic mass is 9.87. The molecule has 1 aliphatic carbocycles. The predicted octanol–water partition coefficient (Wildman–Crippen LogP) is 2.86. The Bertz CT molecular complexity index is 577. The highest BCUT2D eigenvalue weighted by atomic mass is 15.1. The van der Waals surface area contributed by atoms with Crippen molar-refractivity contribution in [3.05, 3.63) is 47.3 Å². The minimum atomic E-state index is 0.284. The third kappa shape index (κ3) is 2.52. The van der Waals surface area contributed by atoms with Crippen LogP contribution in [0.1, 0.15) is 35.6 Å². The van der Waals surface area contributed by atoms with Crippen LogP contribution in [0.4, 0.5) is 11.6 Å². The van der Waals surface area contributed by atoms with Crippen LogP contribution in [0.2, 0.25) is 0 Å². The van der Waals surface area contributed by atoms with Crippen molar-refractivity contribution in [3.8, 4) is 0 Å². The molecule has 1 heterocycles. The summed E-state index contributed by atoms with van der Waals surface area (Å²) in [5.74, 6) is 0.695. The molecule has 0 aliphatic heterocycles. The molecule has 1 aliphatic rings. The molecule has 0 fully saturated rings. The Morgan fingerprint density at radius 3 is 2.84 bits per heavy atom. The molecule has 19 heavy (non-hydrogen) atoms. The van der Waals surface area contributed by atoms with Gasteiger partial charge in [-0.1, -0.05) is 6.07 Å². The van der Waals surface area contributed by atoms with Crippen LogP contribution in [-0.2, 0) is 6.42 Å². The van der Waals surface area contributed by atoms with E-state index in [1.807, 2.05) is 25.4 Å². The largest absolute Gasteiger partial charge is 0.399 e. The predicted molar refractivity (Wildman–Crippen MR) is 76.9 cm³/mol. The third-order valence-corrected chi connectivity index (χ3v) is 3.57. The smallest absolute Gasteiger partial charge is 0.223 e. The first kappa shape index (κ1) is 12.0. The molecule has 2 aromatic rings. The van der Waals surface area contributed by atoms with Crippen molar-refractivity contribution < 1.29 is 0 Å². The van der Waals surface area contributed by atoms with E-state index in [-0.39, 0.29) is 6.04 Å². The number of nitrogens with zero attached hydrogens (tertiary/aromatic N) is 2. The van der Waals surface area contributed by atoms with Gasteiger partial charge in [0.15, 0.2) is 0 Å². The molecule has 4 nitrogen and oxygen atoms in total. The minimum absolute atomic E-state index is 0.284. The van der Waals surface area contributed by atoms with Crippen LogP contribution in [0.3, 0.4) is 0 Å². The summed E-state index contributed by atoms with van der Waals surface area (Å²) in [6.45, 7) is 1.99. The van der Waals surface area contributed by atoms with E-state index in [1.54, 1.807) is 0 Å². The molecular weight excluding hydrogens is 236 g/mol. The van der Waals surface area contributed by atoms with Gasteiger partial charge in [0.1, 0.15) is 0 Å². The fraction of sp³-hybridized carbons (Fsp3) is 0.333. The SMILES string of the molecule is Cc1cnc(NC2CCCc3cc(N)ccc32)nc1. The van der Waals surface area contributed by atoms with Crippen LogP contribution in [-0.4, -0.2) is 9.97 Å². The zero-order chi connectivity index (χ0) is 13.2. The number of hydrogen-bond donors (Lipinski definition) is 2. The van der Waals surface area contributed by atoms with Gasteiger partial charge in [0, 0.05) is 18.1 Å². The average Bonchev–Trinajstić information content (AvgIpc) is 2.41. The molecule has 3 rings (SSSR count). The first-order valence-electron chi connectivity index (χ1n) is 6.66. The summed E-state index contributed by atoms with van der Waals surface area (Å²) in [6, 6.07) is 6.45. The zero-order valence-electron chi connectivity index (χ0n) is 11.1. The lowest BCUT2D eigenvalue weighted by Gasteiger charge is -2.26. The number of aryl methyl sites for hydroxylation is 2. The van der Waals surface area contributed by atoms with Crippen molar-refractivity contribution >= 4 is 11.6 Å². The molecule has 0 saturated heterocycles. The Labute approximate surface area is 113 Å². The van der Waals surface area contributed by atoms with E-state index in [1.165, 1.54) is 17.5 Å². The maximum absolute atomic E-state index is 5.85. The number of nitrogens with two attached hydrogens (primary N) is 1. The average molecular weight is 254 g/mol. The second-order valence-electron chi connectivity index (χ2n) is 5.13. The molecule has 0 radical (unpaired) electrons. The molecule has 1 aromatic carbocycles. The highest BCUT2D eigenvalue weighted by Crippen LogP contribution is 2.32. The number of nitrogens with one attached hydrogen (secondary N) is 1. The first-order valence-corrected chi connectivity index (χ1v) is 6.66. The lowest BCUT2D eigenvalue weighted by Crippen LogP contribution is -2.18. The van der Waals surface area contributed by atoms with Crippen LogP contribution in [0.25, 0.3) is 0 Å². The number of hydrogen-bond acceptors (Lipinski definition) is 4. The number of nitrogen functional groups attached to an aromatic ring is 1. The van der Waals surface area contributed by atoms with Gasteiger partial charge in [-0.15, -0.1) is 0 Å². The second-order valence-corrected chi connectivity index (χ2v) is 5.13. The maximum Gasteiger partial charge on any atom is 0.223 e. The Morgan fingerprint density at radius 1 is 1.26 bits per heavy atom. The Balaban J connectivity index is 1.85. The van der Waals surface area contributed by atoms with Gasteiger partial charge in [0.25, 0.3) is 0 Å². The number of anilines is 2. The van der Waals surface area contributed by atoms with Crippen LogP contribution in [0.15, 0.2) is 30.6 Å². The van der Waals surface area contributed by atoms with Crippen molar-refractivity contribution in [1.29, 1.82) is 0 Å². The maximum atomic E-state index is 5.85. The van der Waals surface area contributed by atoms with E-state index in [4.69, 9.17) is 5.73 Å². The van der Waals surface area contributed by atoms with Gasteiger partial charge in [-0.2, -0.15) is 0 Å². The normalized spacial score (nSPS) is 17.8. The molecule has 1 aromatic heterocycles. The van der Waals surface area contributed by atoms with Gasteiger partial charge in [0.2, 0.25) is 5.95 Å². The molecule has 4 heteroatoms. The lowest BCUT2D eigenvalue weighted by molar-refractivity contribution is 0.596. The van der Waals surface area contributed by atoms with Crippen molar-refractivity contribution in [2.75, 3.05) is 11.1 Å². The molecule has 0 saturated carbocycles. The molecule has 0 spiro atoms. The number of fused-ring (bicyclic) bond motifs is 1. The second kappa shape index (κ2) is 4.88. The highest BCUT2D eigenvalue weighted by Gasteiger charge is 2.20. The summed E-state index contributed by atoms with van der Waals surface area (Å²) in [4.78, 5) is 8.63. The Morgan fingerprint density at radius 2 is 2.05 bits per heavy atom. The molecule has 1 unspecified atom stereocenters. The van der Waals surface area contributed by atoms with Gasteiger partial charge in [-0.05, 0) is 55.0 Å². The fourth-order valence-corrected chi connectivity index (χ4v) is 2.61. The van der Waals surface area contributed by atoms with E-state index in [0.717, 1.165) is 24.1 Å². The van der Waals surface area contributed by atoms with E-state index >= 15 is 0 Å². The Hall–Kier alpha value is -2.10. The molecular formula is C15H18N4. The highest BCUT2D eigenvalue weighted by molar-refractivity contribution is 5.48. The van der Waals surface area contributed by atoms with E-state index < -0.39 is 0 Å². The first-order chi connectivity index (χ1) is 9.22. The van der Waals surface area contributed by atoms with Crippen LogP contribution in [0, 0.1) is 6.92 Å². The standard InChI is InChI=1S/C15H18N4/c1-10-8-17-15(18-9-10)19-14-4-2-3-11-7-12(16)5-6-13(11)14/h5-9,14H,2-4,16H2,1H3,(H,17,18,19). The van der Waals surface area contributed by atoms with Crippen LogP contribution in [0.5, 0.6) is 0 Å².